The molecule has 1 fully saturated rings. The molecule has 134 valence electrons. The molecule has 0 spiro atoms. The third kappa shape index (κ3) is 5.04. The quantitative estimate of drug-likeness (QED) is 0.785. The summed E-state index contributed by atoms with van der Waals surface area (Å²) in [7, 11) is -3.34. The number of amides is 1. The van der Waals surface area contributed by atoms with Crippen molar-refractivity contribution in [1.82, 2.24) is 4.72 Å². The van der Waals surface area contributed by atoms with Crippen LogP contribution in [0.5, 0.6) is 0 Å². The molecule has 0 bridgehead atoms. The highest BCUT2D eigenvalue weighted by atomic mass is 79.9. The van der Waals surface area contributed by atoms with Gasteiger partial charge in [0.05, 0.1) is 4.75 Å². The highest BCUT2D eigenvalue weighted by molar-refractivity contribution is 9.10. The van der Waals surface area contributed by atoms with Gasteiger partial charge < -0.3 is 5.32 Å². The van der Waals surface area contributed by atoms with E-state index in [9.17, 15) is 13.2 Å². The van der Waals surface area contributed by atoms with E-state index >= 15 is 0 Å². The van der Waals surface area contributed by atoms with Crippen molar-refractivity contribution in [2.24, 2.45) is 5.92 Å². The molecule has 5 nitrogen and oxygen atoms in total. The van der Waals surface area contributed by atoms with Crippen molar-refractivity contribution < 1.29 is 13.2 Å². The Labute approximate surface area is 152 Å². The van der Waals surface area contributed by atoms with Crippen molar-refractivity contribution in [3.8, 4) is 0 Å². The van der Waals surface area contributed by atoms with Gasteiger partial charge in [0.25, 0.3) is 0 Å². The zero-order valence-electron chi connectivity index (χ0n) is 14.3. The molecule has 0 saturated heterocycles. The molecule has 0 heterocycles. The molecule has 2 rings (SSSR count). The Morgan fingerprint density at radius 1 is 1.08 bits per heavy atom. The number of hydrogen-bond acceptors (Lipinski definition) is 3. The summed E-state index contributed by atoms with van der Waals surface area (Å²) in [6, 6.07) is 7.39. The van der Waals surface area contributed by atoms with E-state index in [0.717, 1.165) is 10.2 Å². The summed E-state index contributed by atoms with van der Waals surface area (Å²) in [4.78, 5) is 12.3. The molecule has 24 heavy (non-hydrogen) atoms. The van der Waals surface area contributed by atoms with E-state index in [4.69, 9.17) is 0 Å². The van der Waals surface area contributed by atoms with Crippen LogP contribution in [0.4, 0.5) is 5.69 Å². The van der Waals surface area contributed by atoms with Crippen LogP contribution in [-0.2, 0) is 14.8 Å². The summed E-state index contributed by atoms with van der Waals surface area (Å²) < 4.78 is 27.4. The van der Waals surface area contributed by atoms with Gasteiger partial charge in [-0.05, 0) is 70.7 Å². The molecule has 1 amide bonds. The van der Waals surface area contributed by atoms with Crippen molar-refractivity contribution in [3.63, 3.8) is 0 Å². The van der Waals surface area contributed by atoms with Gasteiger partial charge in [-0.1, -0.05) is 15.9 Å². The Hall–Kier alpha value is -0.920. The normalized spacial score (nSPS) is 22.2. The minimum Gasteiger partial charge on any atom is -0.326 e. The minimum atomic E-state index is -3.34. The summed E-state index contributed by atoms with van der Waals surface area (Å²) >= 11 is 3.36. The standard InChI is InChI=1S/C17H25BrN2O3S/c1-17(2,3)24(22,23)20-15-8-4-12(5-9-15)16(21)19-14-10-6-13(18)7-11-14/h6-7,10-12,15,20H,4-5,8-9H2,1-3H3,(H,19,21)/t12-,15-. The first-order chi connectivity index (χ1) is 11.1. The van der Waals surface area contributed by atoms with Crippen LogP contribution in [0.15, 0.2) is 28.7 Å². The highest BCUT2D eigenvalue weighted by Crippen LogP contribution is 2.27. The molecule has 0 unspecified atom stereocenters. The third-order valence-corrected chi connectivity index (χ3v) is 7.12. The zero-order valence-corrected chi connectivity index (χ0v) is 16.7. The van der Waals surface area contributed by atoms with E-state index in [2.05, 4.69) is 26.0 Å². The van der Waals surface area contributed by atoms with Gasteiger partial charge in [0.2, 0.25) is 15.9 Å². The summed E-state index contributed by atoms with van der Waals surface area (Å²) in [5.74, 6) is -0.0570. The fourth-order valence-corrected chi connectivity index (χ4v) is 3.94. The lowest BCUT2D eigenvalue weighted by Gasteiger charge is -2.30. The summed E-state index contributed by atoms with van der Waals surface area (Å²) in [5, 5.41) is 2.93. The maximum absolute atomic E-state index is 12.3. The van der Waals surface area contributed by atoms with Gasteiger partial charge in [-0.2, -0.15) is 0 Å². The van der Waals surface area contributed by atoms with Crippen LogP contribution in [0.1, 0.15) is 46.5 Å². The van der Waals surface area contributed by atoms with Gasteiger partial charge in [0.1, 0.15) is 0 Å². The number of rotatable bonds is 4. The first-order valence-electron chi connectivity index (χ1n) is 8.17. The van der Waals surface area contributed by atoms with Crippen LogP contribution in [0.3, 0.4) is 0 Å². The first-order valence-corrected chi connectivity index (χ1v) is 10.4. The SMILES string of the molecule is CC(C)(C)S(=O)(=O)N[C@H]1CC[C@H](C(=O)Nc2ccc(Br)cc2)CC1. The van der Waals surface area contributed by atoms with Crippen LogP contribution in [0.25, 0.3) is 0 Å². The Kier molecular flexibility index (Phi) is 6.09. The Bertz CT molecular complexity index is 673. The van der Waals surface area contributed by atoms with E-state index in [-0.39, 0.29) is 17.9 Å². The third-order valence-electron chi connectivity index (χ3n) is 4.34. The van der Waals surface area contributed by atoms with Crippen LogP contribution >= 0.6 is 15.9 Å². The lowest BCUT2D eigenvalue weighted by atomic mass is 9.86. The molecule has 0 aliphatic heterocycles. The molecule has 1 aromatic carbocycles. The topological polar surface area (TPSA) is 75.3 Å². The second kappa shape index (κ2) is 7.54. The van der Waals surface area contributed by atoms with Crippen LogP contribution in [0.2, 0.25) is 0 Å². The molecule has 1 aliphatic carbocycles. The first kappa shape index (κ1) is 19.4. The highest BCUT2D eigenvalue weighted by Gasteiger charge is 2.34. The smallest absolute Gasteiger partial charge is 0.227 e. The number of sulfonamides is 1. The fraction of sp³-hybridized carbons (Fsp3) is 0.588. The molecular formula is C17H25BrN2O3S. The molecular weight excluding hydrogens is 392 g/mol. The van der Waals surface area contributed by atoms with Crippen LogP contribution < -0.4 is 10.0 Å². The minimum absolute atomic E-state index is 0.00875. The van der Waals surface area contributed by atoms with Crippen LogP contribution in [-0.4, -0.2) is 25.1 Å². The second-order valence-corrected chi connectivity index (χ2v) is 10.7. The Morgan fingerprint density at radius 2 is 1.62 bits per heavy atom. The average molecular weight is 417 g/mol. The number of hydrogen-bond donors (Lipinski definition) is 2. The van der Waals surface area contributed by atoms with E-state index in [1.54, 1.807) is 20.8 Å². The molecule has 2 N–H and O–H groups in total. The van der Waals surface area contributed by atoms with Gasteiger partial charge >= 0.3 is 0 Å². The predicted octanol–water partition coefficient (Wildman–Crippen LogP) is 3.66. The van der Waals surface area contributed by atoms with Crippen LogP contribution in [0, 0.1) is 5.92 Å². The summed E-state index contributed by atoms with van der Waals surface area (Å²) in [6.45, 7) is 5.06. The van der Waals surface area contributed by atoms with Crippen molar-refractivity contribution in [2.45, 2.75) is 57.2 Å². The van der Waals surface area contributed by atoms with Crippen molar-refractivity contribution >= 4 is 37.5 Å². The number of carbonyl (C=O) groups excluding carboxylic acids is 1. The lowest BCUT2D eigenvalue weighted by molar-refractivity contribution is -0.120. The molecule has 1 aliphatic rings. The van der Waals surface area contributed by atoms with Gasteiger partial charge in [0, 0.05) is 22.1 Å². The maximum Gasteiger partial charge on any atom is 0.227 e. The molecule has 7 heteroatoms. The monoisotopic (exact) mass is 416 g/mol. The van der Waals surface area contributed by atoms with Gasteiger partial charge in [-0.3, -0.25) is 4.79 Å². The predicted molar refractivity (Wildman–Crippen MR) is 100 cm³/mol. The fourth-order valence-electron chi connectivity index (χ4n) is 2.65. The Morgan fingerprint density at radius 3 is 2.12 bits per heavy atom. The van der Waals surface area contributed by atoms with Crippen molar-refractivity contribution in [3.05, 3.63) is 28.7 Å². The zero-order chi connectivity index (χ0) is 18.0. The van der Waals surface area contributed by atoms with Gasteiger partial charge in [-0.25, -0.2) is 13.1 Å². The molecule has 1 aromatic rings. The number of benzene rings is 1. The molecule has 1 saturated carbocycles. The van der Waals surface area contributed by atoms with E-state index in [1.165, 1.54) is 0 Å². The summed E-state index contributed by atoms with van der Waals surface area (Å²) in [5.41, 5.74) is 0.777. The van der Waals surface area contributed by atoms with Gasteiger partial charge in [0.15, 0.2) is 0 Å². The van der Waals surface area contributed by atoms with Crippen molar-refractivity contribution in [2.75, 3.05) is 5.32 Å². The largest absolute Gasteiger partial charge is 0.326 e. The number of nitrogens with one attached hydrogen (secondary N) is 2. The Balaban J connectivity index is 1.86. The average Bonchev–Trinajstić information content (AvgIpc) is 2.49. The molecule has 0 atom stereocenters. The summed E-state index contributed by atoms with van der Waals surface area (Å²) in [6.07, 6.45) is 2.76. The maximum atomic E-state index is 12.3. The lowest BCUT2D eigenvalue weighted by Crippen LogP contribution is -2.46. The number of anilines is 1. The van der Waals surface area contributed by atoms with Gasteiger partial charge in [-0.15, -0.1) is 0 Å². The van der Waals surface area contributed by atoms with E-state index in [0.29, 0.717) is 25.7 Å². The number of halogens is 1. The second-order valence-electron chi connectivity index (χ2n) is 7.28. The van der Waals surface area contributed by atoms with E-state index in [1.807, 2.05) is 24.3 Å². The molecule has 0 aromatic heterocycles. The van der Waals surface area contributed by atoms with Crippen molar-refractivity contribution in [1.29, 1.82) is 0 Å². The number of carbonyl (C=O) groups is 1. The van der Waals surface area contributed by atoms with E-state index < -0.39 is 14.8 Å². The molecule has 0 radical (unpaired) electrons.